The third-order valence-corrected chi connectivity index (χ3v) is 6.14. The first kappa shape index (κ1) is 13.3. The highest BCUT2D eigenvalue weighted by Gasteiger charge is 2.48. The van der Waals surface area contributed by atoms with Crippen molar-refractivity contribution < 1.29 is 9.47 Å². The average Bonchev–Trinajstić information content (AvgIpc) is 3.12. The molecule has 2 nitrogen and oxygen atoms in total. The Labute approximate surface area is 132 Å². The normalized spacial score (nSPS) is 32.4. The molecule has 0 aromatic heterocycles. The molecular formula is C16H18BrClO2. The maximum Gasteiger partial charge on any atom is 0.162 e. The van der Waals surface area contributed by atoms with Crippen LogP contribution in [-0.4, -0.2) is 13.2 Å². The summed E-state index contributed by atoms with van der Waals surface area (Å²) >= 11 is 10.4. The van der Waals surface area contributed by atoms with Crippen molar-refractivity contribution in [2.45, 2.75) is 31.1 Å². The number of alkyl halides is 1. The number of ether oxygens (including phenoxy) is 2. The summed E-state index contributed by atoms with van der Waals surface area (Å²) in [6, 6.07) is 4.09. The number of hydrogen-bond acceptors (Lipinski definition) is 2. The summed E-state index contributed by atoms with van der Waals surface area (Å²) in [4.78, 5) is 0. The Hall–Kier alpha value is -0.410. The van der Waals surface area contributed by atoms with E-state index >= 15 is 0 Å². The molecule has 108 valence electrons. The van der Waals surface area contributed by atoms with Crippen molar-refractivity contribution >= 4 is 27.5 Å². The minimum absolute atomic E-state index is 0.0781. The Kier molecular flexibility index (Phi) is 3.38. The van der Waals surface area contributed by atoms with E-state index in [-0.39, 0.29) is 5.38 Å². The van der Waals surface area contributed by atoms with E-state index in [0.29, 0.717) is 12.5 Å². The predicted octanol–water partition coefficient (Wildman–Crippen LogP) is 4.94. The lowest BCUT2D eigenvalue weighted by Crippen LogP contribution is -2.07. The molecule has 0 N–H and O–H groups in total. The first-order valence-corrected chi connectivity index (χ1v) is 8.68. The quantitative estimate of drug-likeness (QED) is 0.698. The van der Waals surface area contributed by atoms with Crippen LogP contribution in [0.15, 0.2) is 16.6 Å². The second kappa shape index (κ2) is 5.10. The van der Waals surface area contributed by atoms with Crippen LogP contribution in [0.5, 0.6) is 11.5 Å². The number of fused-ring (bicyclic) bond motifs is 2. The molecule has 3 aliphatic rings. The van der Waals surface area contributed by atoms with Gasteiger partial charge in [0, 0.05) is 10.9 Å². The molecule has 2 fully saturated rings. The van der Waals surface area contributed by atoms with Gasteiger partial charge < -0.3 is 9.47 Å². The van der Waals surface area contributed by atoms with E-state index in [1.165, 1.54) is 19.3 Å². The molecule has 4 rings (SSSR count). The molecule has 2 saturated carbocycles. The third kappa shape index (κ3) is 2.33. The van der Waals surface area contributed by atoms with Gasteiger partial charge in [0.1, 0.15) is 0 Å². The van der Waals surface area contributed by atoms with Gasteiger partial charge in [-0.2, -0.15) is 0 Å². The van der Waals surface area contributed by atoms with E-state index in [0.717, 1.165) is 46.4 Å². The van der Waals surface area contributed by atoms with Crippen molar-refractivity contribution in [3.05, 3.63) is 22.2 Å². The topological polar surface area (TPSA) is 18.5 Å². The number of halogens is 2. The van der Waals surface area contributed by atoms with Gasteiger partial charge in [0.25, 0.3) is 0 Å². The van der Waals surface area contributed by atoms with Crippen LogP contribution in [0.1, 0.15) is 36.6 Å². The zero-order valence-corrected chi connectivity index (χ0v) is 13.6. The molecule has 2 aliphatic carbocycles. The van der Waals surface area contributed by atoms with Gasteiger partial charge in [-0.15, -0.1) is 11.6 Å². The molecule has 4 heteroatoms. The van der Waals surface area contributed by atoms with Gasteiger partial charge in [-0.3, -0.25) is 0 Å². The van der Waals surface area contributed by atoms with Gasteiger partial charge in [-0.05, 0) is 54.7 Å². The molecule has 0 amide bonds. The Balaban J connectivity index is 1.61. The van der Waals surface area contributed by atoms with Crippen LogP contribution < -0.4 is 9.47 Å². The lowest BCUT2D eigenvalue weighted by molar-refractivity contribution is 0.297. The Morgan fingerprint density at radius 2 is 1.70 bits per heavy atom. The Morgan fingerprint density at radius 1 is 1.05 bits per heavy atom. The fourth-order valence-electron chi connectivity index (χ4n) is 3.67. The number of rotatable bonds is 2. The standard InChI is InChI=1S/C16H18BrClO2/c17-13-8-15-14(19-2-1-3-20-15)7-12(13)16(18)11-5-9-4-10(9)6-11/h7-11,16H,1-6H2. The first-order valence-electron chi connectivity index (χ1n) is 7.45. The van der Waals surface area contributed by atoms with Crippen LogP contribution >= 0.6 is 27.5 Å². The highest BCUT2D eigenvalue weighted by atomic mass is 79.9. The molecule has 20 heavy (non-hydrogen) atoms. The summed E-state index contributed by atoms with van der Waals surface area (Å²) in [5.41, 5.74) is 1.15. The second-order valence-electron chi connectivity index (χ2n) is 6.26. The zero-order valence-electron chi connectivity index (χ0n) is 11.3. The number of benzene rings is 1. The second-order valence-corrected chi connectivity index (χ2v) is 7.58. The minimum atomic E-state index is 0.0781. The van der Waals surface area contributed by atoms with Crippen LogP contribution in [-0.2, 0) is 0 Å². The van der Waals surface area contributed by atoms with Gasteiger partial charge >= 0.3 is 0 Å². The van der Waals surface area contributed by atoms with Gasteiger partial charge in [0.05, 0.1) is 18.6 Å². The van der Waals surface area contributed by atoms with Gasteiger partial charge in [-0.1, -0.05) is 15.9 Å². The molecule has 3 unspecified atom stereocenters. The van der Waals surface area contributed by atoms with Crippen LogP contribution in [0.2, 0.25) is 0 Å². The van der Waals surface area contributed by atoms with E-state index in [1.54, 1.807) is 0 Å². The summed E-state index contributed by atoms with van der Waals surface area (Å²) in [5, 5.41) is 0.0781. The van der Waals surface area contributed by atoms with Crippen molar-refractivity contribution in [1.29, 1.82) is 0 Å². The smallest absolute Gasteiger partial charge is 0.162 e. The monoisotopic (exact) mass is 356 g/mol. The lowest BCUT2D eigenvalue weighted by Gasteiger charge is -2.21. The van der Waals surface area contributed by atoms with E-state index < -0.39 is 0 Å². The van der Waals surface area contributed by atoms with Gasteiger partial charge in [0.15, 0.2) is 11.5 Å². The maximum atomic E-state index is 6.76. The van der Waals surface area contributed by atoms with E-state index in [1.807, 2.05) is 6.07 Å². The van der Waals surface area contributed by atoms with E-state index in [9.17, 15) is 0 Å². The largest absolute Gasteiger partial charge is 0.490 e. The van der Waals surface area contributed by atoms with Crippen LogP contribution in [0.4, 0.5) is 0 Å². The van der Waals surface area contributed by atoms with Crippen LogP contribution in [0.25, 0.3) is 0 Å². The first-order chi connectivity index (χ1) is 9.72. The van der Waals surface area contributed by atoms with Crippen LogP contribution in [0, 0.1) is 17.8 Å². The predicted molar refractivity (Wildman–Crippen MR) is 82.7 cm³/mol. The summed E-state index contributed by atoms with van der Waals surface area (Å²) in [5.74, 6) is 4.20. The average molecular weight is 358 g/mol. The summed E-state index contributed by atoms with van der Waals surface area (Å²) in [6.07, 6.45) is 4.94. The van der Waals surface area contributed by atoms with Gasteiger partial charge in [-0.25, -0.2) is 0 Å². The Bertz CT molecular complexity index is 523. The van der Waals surface area contributed by atoms with Crippen molar-refractivity contribution in [2.75, 3.05) is 13.2 Å². The lowest BCUT2D eigenvalue weighted by atomic mass is 9.94. The molecule has 0 radical (unpaired) electrons. The molecule has 3 atom stereocenters. The minimum Gasteiger partial charge on any atom is -0.490 e. The van der Waals surface area contributed by atoms with Gasteiger partial charge in [0.2, 0.25) is 0 Å². The number of hydrogen-bond donors (Lipinski definition) is 0. The summed E-state index contributed by atoms with van der Waals surface area (Å²) < 4.78 is 12.5. The SMILES string of the molecule is ClC(c1cc2c(cc1Br)OCCCO2)C1CC2CC2C1. The molecule has 1 aromatic rings. The molecule has 0 bridgehead atoms. The maximum absolute atomic E-state index is 6.76. The van der Waals surface area contributed by atoms with E-state index in [2.05, 4.69) is 22.0 Å². The fourth-order valence-corrected chi connectivity index (χ4v) is 4.75. The molecule has 1 aromatic carbocycles. The molecule has 0 saturated heterocycles. The van der Waals surface area contributed by atoms with Crippen molar-refractivity contribution in [3.8, 4) is 11.5 Å². The third-order valence-electron chi connectivity index (χ3n) is 4.86. The highest BCUT2D eigenvalue weighted by molar-refractivity contribution is 9.10. The molecule has 0 spiro atoms. The summed E-state index contributed by atoms with van der Waals surface area (Å²) in [6.45, 7) is 1.43. The summed E-state index contributed by atoms with van der Waals surface area (Å²) in [7, 11) is 0. The van der Waals surface area contributed by atoms with Crippen molar-refractivity contribution in [3.63, 3.8) is 0 Å². The fraction of sp³-hybridized carbons (Fsp3) is 0.625. The Morgan fingerprint density at radius 3 is 2.40 bits per heavy atom. The molecule has 1 heterocycles. The highest BCUT2D eigenvalue weighted by Crippen LogP contribution is 2.59. The van der Waals surface area contributed by atoms with Crippen LogP contribution in [0.3, 0.4) is 0 Å². The molecule has 1 aliphatic heterocycles. The van der Waals surface area contributed by atoms with Crippen molar-refractivity contribution in [1.82, 2.24) is 0 Å². The van der Waals surface area contributed by atoms with E-state index in [4.69, 9.17) is 21.1 Å². The van der Waals surface area contributed by atoms with Crippen molar-refractivity contribution in [2.24, 2.45) is 17.8 Å². The molecular weight excluding hydrogens is 340 g/mol. The zero-order chi connectivity index (χ0) is 13.7.